The van der Waals surface area contributed by atoms with Crippen molar-refractivity contribution in [3.63, 3.8) is 0 Å². The summed E-state index contributed by atoms with van der Waals surface area (Å²) in [7, 11) is 1.29. The number of ether oxygens (including phenoxy) is 1. The van der Waals surface area contributed by atoms with Gasteiger partial charge in [-0.25, -0.2) is 4.79 Å². The topological polar surface area (TPSA) is 60.4 Å². The van der Waals surface area contributed by atoms with Crippen LogP contribution in [0.1, 0.15) is 42.2 Å². The molecule has 0 unspecified atom stereocenters. The molecule has 4 heteroatoms. The highest BCUT2D eigenvalue weighted by molar-refractivity contribution is 5.96. The molecule has 126 valence electrons. The second kappa shape index (κ2) is 7.45. The van der Waals surface area contributed by atoms with Crippen LogP contribution in [0.15, 0.2) is 54.6 Å². The van der Waals surface area contributed by atoms with Crippen LogP contribution in [0.2, 0.25) is 0 Å². The van der Waals surface area contributed by atoms with Gasteiger partial charge in [0.05, 0.1) is 12.7 Å². The predicted molar refractivity (Wildman–Crippen MR) is 98.5 cm³/mol. The quantitative estimate of drug-likeness (QED) is 0.414. The van der Waals surface area contributed by atoms with Gasteiger partial charge in [-0.1, -0.05) is 42.2 Å². The third kappa shape index (κ3) is 3.24. The van der Waals surface area contributed by atoms with E-state index in [9.17, 15) is 14.4 Å². The summed E-state index contributed by atoms with van der Waals surface area (Å²) in [5.41, 5.74) is 2.10. The number of hydrogen-bond acceptors (Lipinski definition) is 4. The summed E-state index contributed by atoms with van der Waals surface area (Å²) in [4.78, 5) is 34.4. The number of aldehydes is 2. The highest BCUT2D eigenvalue weighted by Crippen LogP contribution is 2.21. The summed E-state index contributed by atoms with van der Waals surface area (Å²) in [5, 5.41) is 1.81. The van der Waals surface area contributed by atoms with Crippen LogP contribution < -0.4 is 0 Å². The maximum atomic E-state index is 11.7. The normalized spacial score (nSPS) is 9.88. The molecule has 0 fully saturated rings. The smallest absolute Gasteiger partial charge is 0.337 e. The van der Waals surface area contributed by atoms with Gasteiger partial charge >= 0.3 is 5.97 Å². The van der Waals surface area contributed by atoms with Crippen LogP contribution in [-0.2, 0) is 4.74 Å². The zero-order valence-corrected chi connectivity index (χ0v) is 14.0. The third-order valence-electron chi connectivity index (χ3n) is 4.01. The zero-order chi connectivity index (χ0) is 18.5. The van der Waals surface area contributed by atoms with Crippen LogP contribution in [0.5, 0.6) is 0 Å². The summed E-state index contributed by atoms with van der Waals surface area (Å²) in [5.74, 6) is 5.40. The predicted octanol–water partition coefficient (Wildman–Crippen LogP) is 3.65. The van der Waals surface area contributed by atoms with Crippen molar-refractivity contribution in [3.8, 4) is 11.8 Å². The molecule has 0 radical (unpaired) electrons. The molecule has 0 heterocycles. The van der Waals surface area contributed by atoms with Gasteiger partial charge in [0.1, 0.15) is 0 Å². The fourth-order valence-corrected chi connectivity index (χ4v) is 2.67. The fourth-order valence-electron chi connectivity index (χ4n) is 2.67. The second-order valence-electron chi connectivity index (χ2n) is 5.53. The van der Waals surface area contributed by atoms with Crippen molar-refractivity contribution >= 4 is 29.3 Å². The lowest BCUT2D eigenvalue weighted by atomic mass is 9.99. The standard InChI is InChI=1S/C22H14O4/c1-26-22(25)17-7-8-18(13-23)16(12-17)10-11-21-19(14-24)9-6-15-4-2-3-5-20(15)21/h2-9,12-14H,1H3. The van der Waals surface area contributed by atoms with Crippen molar-refractivity contribution in [1.82, 2.24) is 0 Å². The molecule has 0 aromatic heterocycles. The van der Waals surface area contributed by atoms with E-state index in [1.807, 2.05) is 30.3 Å². The minimum absolute atomic E-state index is 0.302. The van der Waals surface area contributed by atoms with Crippen LogP contribution in [0.4, 0.5) is 0 Å². The van der Waals surface area contributed by atoms with Gasteiger partial charge < -0.3 is 4.74 Å². The number of hydrogen-bond donors (Lipinski definition) is 0. The van der Waals surface area contributed by atoms with E-state index in [1.54, 1.807) is 6.07 Å². The highest BCUT2D eigenvalue weighted by Gasteiger charge is 2.09. The van der Waals surface area contributed by atoms with Gasteiger partial charge in [-0.05, 0) is 35.0 Å². The Morgan fingerprint density at radius 1 is 0.923 bits per heavy atom. The number of fused-ring (bicyclic) bond motifs is 1. The lowest BCUT2D eigenvalue weighted by Gasteiger charge is -2.04. The summed E-state index contributed by atoms with van der Waals surface area (Å²) < 4.78 is 4.70. The Morgan fingerprint density at radius 3 is 2.38 bits per heavy atom. The Morgan fingerprint density at radius 2 is 1.65 bits per heavy atom. The molecule has 4 nitrogen and oxygen atoms in total. The van der Waals surface area contributed by atoms with Crippen molar-refractivity contribution in [3.05, 3.63) is 82.4 Å². The van der Waals surface area contributed by atoms with Crippen molar-refractivity contribution in [2.45, 2.75) is 0 Å². The highest BCUT2D eigenvalue weighted by atomic mass is 16.5. The van der Waals surface area contributed by atoms with Crippen LogP contribution in [0.25, 0.3) is 10.8 Å². The molecule has 3 rings (SSSR count). The molecule has 0 saturated carbocycles. The van der Waals surface area contributed by atoms with Gasteiger partial charge in [-0.15, -0.1) is 0 Å². The molecule has 0 atom stereocenters. The maximum Gasteiger partial charge on any atom is 0.337 e. The van der Waals surface area contributed by atoms with Crippen molar-refractivity contribution in [2.24, 2.45) is 0 Å². The summed E-state index contributed by atoms with van der Waals surface area (Å²) >= 11 is 0. The van der Waals surface area contributed by atoms with E-state index in [1.165, 1.54) is 25.3 Å². The first-order valence-corrected chi connectivity index (χ1v) is 7.84. The number of benzene rings is 3. The molecule has 3 aromatic carbocycles. The summed E-state index contributed by atoms with van der Waals surface area (Å²) in [6, 6.07) is 15.7. The van der Waals surface area contributed by atoms with Gasteiger partial charge in [0.2, 0.25) is 0 Å². The van der Waals surface area contributed by atoms with E-state index in [4.69, 9.17) is 4.74 Å². The van der Waals surface area contributed by atoms with E-state index in [2.05, 4.69) is 11.8 Å². The van der Waals surface area contributed by atoms with E-state index in [0.29, 0.717) is 34.1 Å². The summed E-state index contributed by atoms with van der Waals surface area (Å²) in [6.07, 6.45) is 1.43. The Labute approximate surface area is 150 Å². The molecule has 0 bridgehead atoms. The van der Waals surface area contributed by atoms with Crippen molar-refractivity contribution < 1.29 is 19.1 Å². The molecule has 0 N–H and O–H groups in total. The minimum Gasteiger partial charge on any atom is -0.465 e. The van der Waals surface area contributed by atoms with Crippen molar-refractivity contribution in [2.75, 3.05) is 7.11 Å². The molecule has 0 spiro atoms. The second-order valence-corrected chi connectivity index (χ2v) is 5.53. The third-order valence-corrected chi connectivity index (χ3v) is 4.01. The molecule has 3 aromatic rings. The molecule has 0 aliphatic heterocycles. The van der Waals surface area contributed by atoms with E-state index in [0.717, 1.165) is 17.1 Å². The van der Waals surface area contributed by atoms with Crippen LogP contribution in [-0.4, -0.2) is 25.7 Å². The first-order valence-electron chi connectivity index (χ1n) is 7.84. The number of carbonyl (C=O) groups excluding carboxylic acids is 3. The Kier molecular flexibility index (Phi) is 4.91. The van der Waals surface area contributed by atoms with Gasteiger partial charge in [0.15, 0.2) is 12.6 Å². The summed E-state index contributed by atoms with van der Waals surface area (Å²) in [6.45, 7) is 0. The van der Waals surface area contributed by atoms with Crippen molar-refractivity contribution in [1.29, 1.82) is 0 Å². The van der Waals surface area contributed by atoms with Crippen LogP contribution in [0.3, 0.4) is 0 Å². The van der Waals surface area contributed by atoms with Crippen LogP contribution in [0, 0.1) is 11.8 Å². The molecule has 0 saturated heterocycles. The Balaban J connectivity index is 2.18. The van der Waals surface area contributed by atoms with Gasteiger partial charge in [-0.3, -0.25) is 9.59 Å². The minimum atomic E-state index is -0.510. The molecule has 26 heavy (non-hydrogen) atoms. The van der Waals surface area contributed by atoms with E-state index in [-0.39, 0.29) is 0 Å². The molecule has 0 aliphatic rings. The lowest BCUT2D eigenvalue weighted by Crippen LogP contribution is -2.02. The molecule has 0 aliphatic carbocycles. The van der Waals surface area contributed by atoms with Gasteiger partial charge in [0.25, 0.3) is 0 Å². The van der Waals surface area contributed by atoms with Crippen LogP contribution >= 0.6 is 0 Å². The fraction of sp³-hybridized carbons (Fsp3) is 0.0455. The first kappa shape index (κ1) is 17.1. The van der Waals surface area contributed by atoms with E-state index >= 15 is 0 Å². The van der Waals surface area contributed by atoms with E-state index < -0.39 is 5.97 Å². The number of rotatable bonds is 3. The lowest BCUT2D eigenvalue weighted by molar-refractivity contribution is 0.0600. The number of carbonyl (C=O) groups is 3. The Bertz CT molecular complexity index is 1080. The average molecular weight is 342 g/mol. The molecule has 0 amide bonds. The number of esters is 1. The first-order chi connectivity index (χ1) is 12.7. The van der Waals surface area contributed by atoms with Gasteiger partial charge in [0, 0.05) is 22.3 Å². The van der Waals surface area contributed by atoms with Gasteiger partial charge in [-0.2, -0.15) is 0 Å². The largest absolute Gasteiger partial charge is 0.465 e. The monoisotopic (exact) mass is 342 g/mol. The molecular weight excluding hydrogens is 328 g/mol. The molecular formula is C22H14O4. The maximum absolute atomic E-state index is 11.7. The average Bonchev–Trinajstić information content (AvgIpc) is 2.70. The SMILES string of the molecule is COC(=O)c1ccc(C=O)c(C#Cc2c(C=O)ccc3ccccc23)c1. The number of methoxy groups -OCH3 is 1. The Hall–Kier alpha value is -3.71. The zero-order valence-electron chi connectivity index (χ0n) is 14.0.